The first-order valence-corrected chi connectivity index (χ1v) is 5.18. The summed E-state index contributed by atoms with van der Waals surface area (Å²) in [5.41, 5.74) is 1.88. The number of nitro groups is 1. The second-order valence-corrected chi connectivity index (χ2v) is 3.70. The summed E-state index contributed by atoms with van der Waals surface area (Å²) in [7, 11) is 3.72. The summed E-state index contributed by atoms with van der Waals surface area (Å²) < 4.78 is 0. The topological polar surface area (TPSA) is 46.4 Å². The van der Waals surface area contributed by atoms with Gasteiger partial charge < -0.3 is 4.90 Å². The Kier molecular flexibility index (Phi) is 3.46. The largest absolute Gasteiger partial charge is 0.377 e. The van der Waals surface area contributed by atoms with E-state index in [2.05, 4.69) is 15.9 Å². The van der Waals surface area contributed by atoms with Crippen molar-refractivity contribution in [3.8, 4) is 0 Å². The molecule has 0 atom stereocenters. The van der Waals surface area contributed by atoms with Gasteiger partial charge in [-0.15, -0.1) is 0 Å². The zero-order chi connectivity index (χ0) is 10.7. The highest BCUT2D eigenvalue weighted by Gasteiger charge is 2.09. The monoisotopic (exact) mass is 258 g/mol. The number of alkyl halides is 1. The van der Waals surface area contributed by atoms with E-state index < -0.39 is 0 Å². The third-order valence-corrected chi connectivity index (χ3v) is 2.49. The Morgan fingerprint density at radius 1 is 1.43 bits per heavy atom. The van der Waals surface area contributed by atoms with Gasteiger partial charge in [0.2, 0.25) is 0 Å². The minimum atomic E-state index is -0.376. The van der Waals surface area contributed by atoms with Crippen molar-refractivity contribution in [2.75, 3.05) is 19.0 Å². The normalized spacial score (nSPS) is 9.93. The molecule has 1 aromatic rings. The zero-order valence-corrected chi connectivity index (χ0v) is 9.61. The maximum atomic E-state index is 10.6. The second kappa shape index (κ2) is 4.41. The van der Waals surface area contributed by atoms with Crippen LogP contribution in [0.15, 0.2) is 18.2 Å². The molecule has 0 saturated heterocycles. The van der Waals surface area contributed by atoms with E-state index in [9.17, 15) is 10.1 Å². The predicted molar refractivity (Wildman–Crippen MR) is 60.1 cm³/mol. The molecule has 5 heteroatoms. The zero-order valence-electron chi connectivity index (χ0n) is 8.03. The van der Waals surface area contributed by atoms with Gasteiger partial charge in [-0.25, -0.2) is 0 Å². The molecule has 0 unspecified atom stereocenters. The molecule has 0 amide bonds. The van der Waals surface area contributed by atoms with Crippen molar-refractivity contribution < 1.29 is 4.92 Å². The number of rotatable bonds is 3. The number of nitrogens with zero attached hydrogens (tertiary/aromatic N) is 2. The molecule has 0 aliphatic rings. The molecule has 0 heterocycles. The number of benzene rings is 1. The molecule has 0 saturated carbocycles. The van der Waals surface area contributed by atoms with Crippen molar-refractivity contribution in [3.05, 3.63) is 33.9 Å². The maximum Gasteiger partial charge on any atom is 0.271 e. The molecule has 76 valence electrons. The second-order valence-electron chi connectivity index (χ2n) is 3.14. The molecule has 4 nitrogen and oxygen atoms in total. The number of hydrogen-bond donors (Lipinski definition) is 0. The van der Waals surface area contributed by atoms with Gasteiger partial charge in [-0.3, -0.25) is 10.1 Å². The van der Waals surface area contributed by atoms with Crippen LogP contribution in [0.4, 0.5) is 11.4 Å². The van der Waals surface area contributed by atoms with Crippen LogP contribution in [0.3, 0.4) is 0 Å². The van der Waals surface area contributed by atoms with Gasteiger partial charge in [0.1, 0.15) is 0 Å². The SMILES string of the molecule is CN(C)c1cc(CBr)cc([N+](=O)[O-])c1. The number of hydrogen-bond acceptors (Lipinski definition) is 3. The first-order chi connectivity index (χ1) is 6.54. The average Bonchev–Trinajstić information content (AvgIpc) is 2.16. The number of anilines is 1. The van der Waals surface area contributed by atoms with Crippen LogP contribution in [-0.2, 0) is 5.33 Å². The minimum absolute atomic E-state index is 0.130. The van der Waals surface area contributed by atoms with Crippen LogP contribution < -0.4 is 4.90 Å². The lowest BCUT2D eigenvalue weighted by molar-refractivity contribution is -0.384. The molecule has 0 bridgehead atoms. The maximum absolute atomic E-state index is 10.6. The van der Waals surface area contributed by atoms with E-state index in [1.807, 2.05) is 25.1 Å². The summed E-state index contributed by atoms with van der Waals surface area (Å²) in [6.45, 7) is 0. The Labute approximate surface area is 90.8 Å². The highest BCUT2D eigenvalue weighted by Crippen LogP contribution is 2.23. The van der Waals surface area contributed by atoms with E-state index in [1.54, 1.807) is 12.1 Å². The standard InChI is InChI=1S/C9H11BrN2O2/c1-11(2)8-3-7(6-10)4-9(5-8)12(13)14/h3-5H,6H2,1-2H3. The molecule has 1 rings (SSSR count). The van der Waals surface area contributed by atoms with E-state index in [0.717, 1.165) is 11.3 Å². The highest BCUT2D eigenvalue weighted by atomic mass is 79.9. The third-order valence-electron chi connectivity index (χ3n) is 1.84. The number of halogens is 1. The summed E-state index contributed by atoms with van der Waals surface area (Å²) in [5.74, 6) is 0. The molecule has 0 fully saturated rings. The van der Waals surface area contributed by atoms with Gasteiger partial charge in [-0.05, 0) is 11.6 Å². The van der Waals surface area contributed by atoms with Crippen molar-refractivity contribution in [3.63, 3.8) is 0 Å². The average molecular weight is 259 g/mol. The van der Waals surface area contributed by atoms with Crippen molar-refractivity contribution >= 4 is 27.3 Å². The number of nitro benzene ring substituents is 1. The fourth-order valence-electron chi connectivity index (χ4n) is 1.10. The van der Waals surface area contributed by atoms with Crippen molar-refractivity contribution in [1.82, 2.24) is 0 Å². The van der Waals surface area contributed by atoms with E-state index >= 15 is 0 Å². The summed E-state index contributed by atoms with van der Waals surface area (Å²) >= 11 is 3.28. The third kappa shape index (κ3) is 2.45. The molecule has 0 N–H and O–H groups in total. The van der Waals surface area contributed by atoms with E-state index in [0.29, 0.717) is 5.33 Å². The van der Waals surface area contributed by atoms with Crippen LogP contribution in [0.5, 0.6) is 0 Å². The van der Waals surface area contributed by atoms with Crippen LogP contribution in [0.25, 0.3) is 0 Å². The Morgan fingerprint density at radius 2 is 2.07 bits per heavy atom. The molecular weight excluding hydrogens is 248 g/mol. The van der Waals surface area contributed by atoms with Crippen molar-refractivity contribution in [1.29, 1.82) is 0 Å². The van der Waals surface area contributed by atoms with Gasteiger partial charge in [-0.1, -0.05) is 15.9 Å². The van der Waals surface area contributed by atoms with Gasteiger partial charge in [-0.2, -0.15) is 0 Å². The smallest absolute Gasteiger partial charge is 0.271 e. The van der Waals surface area contributed by atoms with Crippen molar-refractivity contribution in [2.45, 2.75) is 5.33 Å². The first kappa shape index (κ1) is 11.0. The van der Waals surface area contributed by atoms with Crippen LogP contribution in [-0.4, -0.2) is 19.0 Å². The molecule has 0 aromatic heterocycles. The van der Waals surface area contributed by atoms with E-state index in [-0.39, 0.29) is 10.6 Å². The Morgan fingerprint density at radius 3 is 2.50 bits per heavy atom. The van der Waals surface area contributed by atoms with Crippen LogP contribution in [0.1, 0.15) is 5.56 Å². The van der Waals surface area contributed by atoms with Gasteiger partial charge in [0.15, 0.2) is 0 Å². The van der Waals surface area contributed by atoms with Gasteiger partial charge in [0.25, 0.3) is 5.69 Å². The first-order valence-electron chi connectivity index (χ1n) is 4.06. The summed E-state index contributed by atoms with van der Waals surface area (Å²) in [6, 6.07) is 5.05. The fraction of sp³-hybridized carbons (Fsp3) is 0.333. The van der Waals surface area contributed by atoms with Gasteiger partial charge in [0, 0.05) is 37.2 Å². The van der Waals surface area contributed by atoms with E-state index in [4.69, 9.17) is 0 Å². The Bertz CT molecular complexity index is 353. The van der Waals surface area contributed by atoms with Crippen LogP contribution >= 0.6 is 15.9 Å². The Balaban J connectivity index is 3.20. The molecule has 14 heavy (non-hydrogen) atoms. The van der Waals surface area contributed by atoms with Gasteiger partial charge in [0.05, 0.1) is 4.92 Å². The lowest BCUT2D eigenvalue weighted by Gasteiger charge is -2.12. The Hall–Kier alpha value is -1.10. The van der Waals surface area contributed by atoms with Crippen LogP contribution in [0, 0.1) is 10.1 Å². The predicted octanol–water partition coefficient (Wildman–Crippen LogP) is 2.56. The molecule has 0 radical (unpaired) electrons. The summed E-state index contributed by atoms with van der Waals surface area (Å²) in [6.07, 6.45) is 0. The summed E-state index contributed by atoms with van der Waals surface area (Å²) in [4.78, 5) is 12.1. The summed E-state index contributed by atoms with van der Waals surface area (Å²) in [5, 5.41) is 11.2. The molecule has 0 aliphatic heterocycles. The van der Waals surface area contributed by atoms with E-state index in [1.165, 1.54) is 0 Å². The molecule has 1 aromatic carbocycles. The lowest BCUT2D eigenvalue weighted by Crippen LogP contribution is -2.09. The molecule has 0 aliphatic carbocycles. The molecule has 0 spiro atoms. The van der Waals surface area contributed by atoms with Gasteiger partial charge >= 0.3 is 0 Å². The minimum Gasteiger partial charge on any atom is -0.377 e. The fourth-order valence-corrected chi connectivity index (χ4v) is 1.42. The molecular formula is C9H11BrN2O2. The highest BCUT2D eigenvalue weighted by molar-refractivity contribution is 9.08. The van der Waals surface area contributed by atoms with Crippen LogP contribution in [0.2, 0.25) is 0 Å². The number of non-ortho nitro benzene ring substituents is 1. The lowest BCUT2D eigenvalue weighted by atomic mass is 10.2. The quantitative estimate of drug-likeness (QED) is 0.476. The van der Waals surface area contributed by atoms with Crippen molar-refractivity contribution in [2.24, 2.45) is 0 Å².